The predicted octanol–water partition coefficient (Wildman–Crippen LogP) is 3.24. The van der Waals surface area contributed by atoms with Crippen LogP contribution in [0.1, 0.15) is 99.8 Å². The van der Waals surface area contributed by atoms with Gasteiger partial charge >= 0.3 is 11.9 Å². The number of Topliss-reactive ketones (excluding diaryl/α,β-unsaturated/α-hetero) is 1. The van der Waals surface area contributed by atoms with E-state index in [4.69, 9.17) is 9.47 Å². The Hall–Kier alpha value is -2.04. The van der Waals surface area contributed by atoms with E-state index in [1.54, 1.807) is 11.9 Å². The van der Waals surface area contributed by atoms with Gasteiger partial charge in [0.1, 0.15) is 24.2 Å². The second-order valence-corrected chi connectivity index (χ2v) is 11.4. The van der Waals surface area contributed by atoms with E-state index in [9.17, 15) is 24.3 Å². The van der Waals surface area contributed by atoms with Crippen molar-refractivity contribution in [2.45, 2.75) is 124 Å². The zero-order valence-corrected chi connectivity index (χ0v) is 26.3. The lowest BCUT2D eigenvalue weighted by Crippen LogP contribution is -2.58. The maximum atomic E-state index is 13.3. The third kappa shape index (κ3) is 15.7. The van der Waals surface area contributed by atoms with Gasteiger partial charge in [-0.3, -0.25) is 19.3 Å². The van der Waals surface area contributed by atoms with Crippen LogP contribution in [0.25, 0.3) is 0 Å². The van der Waals surface area contributed by atoms with Gasteiger partial charge in [-0.2, -0.15) is 0 Å². The Labute approximate surface area is 242 Å². The third-order valence-electron chi connectivity index (χ3n) is 6.76. The molecule has 0 aromatic carbocycles. The van der Waals surface area contributed by atoms with Crippen molar-refractivity contribution in [1.29, 1.82) is 0 Å². The molecular weight excluding hydrogens is 514 g/mol. The van der Waals surface area contributed by atoms with Gasteiger partial charge < -0.3 is 25.2 Å². The predicted molar refractivity (Wildman–Crippen MR) is 157 cm³/mol. The number of carbonyl (C=O) groups is 4. The molecule has 4 atom stereocenters. The van der Waals surface area contributed by atoms with Crippen LogP contribution in [0.15, 0.2) is 0 Å². The number of nitrogens with zero attached hydrogens (tertiary/aromatic N) is 1. The molecule has 0 aliphatic rings. The number of esters is 2. The minimum absolute atomic E-state index is 0.113. The van der Waals surface area contributed by atoms with Gasteiger partial charge in [-0.15, -0.1) is 0 Å². The molecule has 10 nitrogen and oxygen atoms in total. The number of aliphatic hydroxyl groups excluding tert-OH is 1. The van der Waals surface area contributed by atoms with Crippen LogP contribution in [0.2, 0.25) is 0 Å². The van der Waals surface area contributed by atoms with E-state index < -0.39 is 35.8 Å². The van der Waals surface area contributed by atoms with Gasteiger partial charge in [0.15, 0.2) is 5.78 Å². The molecule has 0 aromatic rings. The van der Waals surface area contributed by atoms with Crippen LogP contribution < -0.4 is 10.6 Å². The number of carbonyl (C=O) groups excluding carboxylic acids is 4. The molecule has 0 heterocycles. The highest BCUT2D eigenvalue weighted by atomic mass is 16.5. The first-order valence-electron chi connectivity index (χ1n) is 15.1. The van der Waals surface area contributed by atoms with E-state index in [1.807, 2.05) is 27.7 Å². The van der Waals surface area contributed by atoms with Crippen LogP contribution in [0, 0.1) is 11.8 Å². The maximum Gasteiger partial charge on any atom is 0.328 e. The highest BCUT2D eigenvalue weighted by molar-refractivity contribution is 5.93. The summed E-state index contributed by atoms with van der Waals surface area (Å²) in [5.41, 5.74) is 0. The van der Waals surface area contributed by atoms with Gasteiger partial charge in [-0.05, 0) is 83.8 Å². The van der Waals surface area contributed by atoms with Crippen molar-refractivity contribution in [3.63, 3.8) is 0 Å². The largest absolute Gasteiger partial charge is 0.465 e. The molecule has 3 N–H and O–H groups in total. The van der Waals surface area contributed by atoms with E-state index in [2.05, 4.69) is 24.5 Å². The summed E-state index contributed by atoms with van der Waals surface area (Å²) in [5, 5.41) is 16.3. The van der Waals surface area contributed by atoms with Gasteiger partial charge in [0, 0.05) is 0 Å². The zero-order valence-electron chi connectivity index (χ0n) is 26.3. The van der Waals surface area contributed by atoms with Gasteiger partial charge in [-0.1, -0.05) is 48.0 Å². The first-order valence-corrected chi connectivity index (χ1v) is 15.1. The number of amides is 1. The Morgan fingerprint density at radius 3 is 1.73 bits per heavy atom. The first-order chi connectivity index (χ1) is 18.9. The summed E-state index contributed by atoms with van der Waals surface area (Å²) >= 11 is 0. The highest BCUT2D eigenvalue weighted by Gasteiger charge is 2.36. The summed E-state index contributed by atoms with van der Waals surface area (Å²) < 4.78 is 10.9. The minimum atomic E-state index is -1.48. The summed E-state index contributed by atoms with van der Waals surface area (Å²) in [7, 11) is 1.76. The molecule has 0 rings (SSSR count). The van der Waals surface area contributed by atoms with Crippen molar-refractivity contribution in [3.05, 3.63) is 0 Å². The van der Waals surface area contributed by atoms with Crippen LogP contribution in [0.5, 0.6) is 0 Å². The van der Waals surface area contributed by atoms with E-state index in [0.29, 0.717) is 38.5 Å². The molecule has 0 saturated heterocycles. The van der Waals surface area contributed by atoms with Gasteiger partial charge in [0.2, 0.25) is 5.91 Å². The lowest BCUT2D eigenvalue weighted by atomic mass is 10.0. The number of hydrogen-bond donors (Lipinski definition) is 3. The molecule has 4 unspecified atom stereocenters. The quantitative estimate of drug-likeness (QED) is 0.125. The van der Waals surface area contributed by atoms with Crippen LogP contribution in [0.3, 0.4) is 0 Å². The van der Waals surface area contributed by atoms with E-state index in [-0.39, 0.29) is 24.5 Å². The van der Waals surface area contributed by atoms with Gasteiger partial charge in [-0.25, -0.2) is 4.79 Å². The third-order valence-corrected chi connectivity index (χ3v) is 6.76. The van der Waals surface area contributed by atoms with E-state index in [0.717, 1.165) is 38.5 Å². The average Bonchev–Trinajstić information content (AvgIpc) is 2.89. The Morgan fingerprint density at radius 2 is 1.30 bits per heavy atom. The topological polar surface area (TPSA) is 134 Å². The van der Waals surface area contributed by atoms with Crippen LogP contribution in [-0.2, 0) is 28.7 Å². The standard InChI is InChI=1S/C30H57N3O7/c1-9-11-16-33(10-2)26(27(35)23(7)34)28(36)32-25(20-22(5)6)30(38)40-18-15-13-12-14-17-39-29(37)24(31-8)19-21(3)4/h21-22,24-27,31,35H,9-20H2,1-8H3,(H,32,36). The minimum Gasteiger partial charge on any atom is -0.465 e. The molecule has 0 fully saturated rings. The van der Waals surface area contributed by atoms with Crippen molar-refractivity contribution < 1.29 is 33.8 Å². The Balaban J connectivity index is 4.82. The number of aliphatic hydroxyl groups is 1. The second-order valence-electron chi connectivity index (χ2n) is 11.4. The number of unbranched alkanes of at least 4 members (excludes halogenated alkanes) is 4. The molecule has 0 radical (unpaired) electrons. The maximum absolute atomic E-state index is 13.3. The Kier molecular flexibility index (Phi) is 20.6. The van der Waals surface area contributed by atoms with Crippen molar-refractivity contribution >= 4 is 23.6 Å². The van der Waals surface area contributed by atoms with Crippen LogP contribution in [0.4, 0.5) is 0 Å². The van der Waals surface area contributed by atoms with Gasteiger partial charge in [0.25, 0.3) is 0 Å². The monoisotopic (exact) mass is 571 g/mol. The molecule has 10 heteroatoms. The van der Waals surface area contributed by atoms with Crippen molar-refractivity contribution in [3.8, 4) is 0 Å². The fourth-order valence-electron chi connectivity index (χ4n) is 4.44. The SMILES string of the molecule is CCCCN(CC)C(C(=O)NC(CC(C)C)C(=O)OCCCCCCOC(=O)C(CC(C)C)NC)C(O)C(C)=O. The molecule has 0 spiro atoms. The molecular formula is C30H57N3O7. The summed E-state index contributed by atoms with van der Waals surface area (Å²) in [4.78, 5) is 52.1. The smallest absolute Gasteiger partial charge is 0.328 e. The summed E-state index contributed by atoms with van der Waals surface area (Å²) in [6, 6.07) is -2.23. The summed E-state index contributed by atoms with van der Waals surface area (Å²) in [6.07, 6.45) is 4.38. The molecule has 0 aliphatic heterocycles. The van der Waals surface area contributed by atoms with Crippen molar-refractivity contribution in [2.24, 2.45) is 11.8 Å². The molecule has 40 heavy (non-hydrogen) atoms. The van der Waals surface area contributed by atoms with E-state index in [1.165, 1.54) is 6.92 Å². The van der Waals surface area contributed by atoms with Gasteiger partial charge in [0.05, 0.1) is 13.2 Å². The van der Waals surface area contributed by atoms with Crippen LogP contribution >= 0.6 is 0 Å². The number of likely N-dealkylation sites (N-methyl/N-ethyl adjacent to an activating group) is 2. The zero-order chi connectivity index (χ0) is 30.7. The van der Waals surface area contributed by atoms with E-state index >= 15 is 0 Å². The fraction of sp³-hybridized carbons (Fsp3) is 0.867. The molecule has 0 aliphatic carbocycles. The Bertz CT molecular complexity index is 745. The number of ether oxygens (including phenoxy) is 2. The number of rotatable bonds is 23. The van der Waals surface area contributed by atoms with Crippen LogP contribution in [-0.4, -0.2) is 91.2 Å². The molecule has 0 saturated carbocycles. The lowest BCUT2D eigenvalue weighted by Gasteiger charge is -2.33. The Morgan fingerprint density at radius 1 is 0.800 bits per heavy atom. The summed E-state index contributed by atoms with van der Waals surface area (Å²) in [6.45, 7) is 14.8. The normalized spacial score (nSPS) is 14.6. The summed E-state index contributed by atoms with van der Waals surface area (Å²) in [5.74, 6) is -1.29. The molecule has 1 amide bonds. The molecule has 0 aromatic heterocycles. The molecule has 0 bridgehead atoms. The fourth-order valence-corrected chi connectivity index (χ4v) is 4.44. The molecule has 234 valence electrons. The number of hydrogen-bond acceptors (Lipinski definition) is 9. The second kappa shape index (κ2) is 21.7. The lowest BCUT2D eigenvalue weighted by molar-refractivity contribution is -0.150. The number of nitrogens with one attached hydrogen (secondary N) is 2. The number of ketones is 1. The average molecular weight is 572 g/mol. The van der Waals surface area contributed by atoms with Crippen molar-refractivity contribution in [1.82, 2.24) is 15.5 Å². The first kappa shape index (κ1) is 38.0. The highest BCUT2D eigenvalue weighted by Crippen LogP contribution is 2.13. The van der Waals surface area contributed by atoms with Crippen molar-refractivity contribution in [2.75, 3.05) is 33.4 Å².